The van der Waals surface area contributed by atoms with Crippen molar-refractivity contribution in [1.29, 1.82) is 0 Å². The topological polar surface area (TPSA) is 78.9 Å². The fourth-order valence-electron chi connectivity index (χ4n) is 3.63. The van der Waals surface area contributed by atoms with Crippen molar-refractivity contribution in [3.8, 4) is 0 Å². The number of carbonyl (C=O) groups is 2. The summed E-state index contributed by atoms with van der Waals surface area (Å²) in [6.07, 6.45) is -0.984. The summed E-state index contributed by atoms with van der Waals surface area (Å²) in [7, 11) is 0. The third-order valence-electron chi connectivity index (χ3n) is 5.05. The maximum Gasteiger partial charge on any atom is 0.325 e. The first-order chi connectivity index (χ1) is 14.6. The molecule has 3 aromatic rings. The molecule has 1 fully saturated rings. The lowest BCUT2D eigenvalue weighted by Gasteiger charge is -2.28. The molecule has 0 saturated carbocycles. The molecule has 2 N–H and O–H groups in total. The number of aliphatic hydroxyl groups is 1. The van der Waals surface area contributed by atoms with Gasteiger partial charge in [0.1, 0.15) is 0 Å². The summed E-state index contributed by atoms with van der Waals surface area (Å²) in [5, 5.41) is 15.2. The first-order valence-corrected chi connectivity index (χ1v) is 10.5. The highest BCUT2D eigenvalue weighted by molar-refractivity contribution is 7.09. The summed E-state index contributed by atoms with van der Waals surface area (Å²) in [5.41, 5.74) is 0.0120. The molecule has 0 aliphatic carbocycles. The summed E-state index contributed by atoms with van der Waals surface area (Å²) < 4.78 is 5.53. The summed E-state index contributed by atoms with van der Waals surface area (Å²) in [6.45, 7) is 0.266. The van der Waals surface area contributed by atoms with Crippen molar-refractivity contribution in [2.75, 3.05) is 13.2 Å². The van der Waals surface area contributed by atoms with Crippen molar-refractivity contribution in [3.05, 3.63) is 94.2 Å². The van der Waals surface area contributed by atoms with E-state index in [9.17, 15) is 14.7 Å². The third kappa shape index (κ3) is 3.87. The SMILES string of the molecule is O=C1NC(c2ccccc2)(c2ccccc2)C(=O)N1C[C@H](O)COCc1cccs1. The van der Waals surface area contributed by atoms with Crippen LogP contribution in [0.4, 0.5) is 4.79 Å². The molecule has 30 heavy (non-hydrogen) atoms. The van der Waals surface area contributed by atoms with Crippen LogP contribution in [0.3, 0.4) is 0 Å². The van der Waals surface area contributed by atoms with Crippen molar-refractivity contribution >= 4 is 23.3 Å². The minimum absolute atomic E-state index is 0.0264. The molecular formula is C23H22N2O4S. The van der Waals surface area contributed by atoms with Crippen molar-refractivity contribution < 1.29 is 19.4 Å². The van der Waals surface area contributed by atoms with Gasteiger partial charge < -0.3 is 15.2 Å². The Morgan fingerprint density at radius 2 is 1.60 bits per heavy atom. The van der Waals surface area contributed by atoms with Crippen LogP contribution in [0, 0.1) is 0 Å². The number of β-amino-alcohol motifs (C(OH)–C–C–N with tert-alkyl or cyclic N) is 1. The minimum Gasteiger partial charge on any atom is -0.389 e. The van der Waals surface area contributed by atoms with Crippen LogP contribution in [-0.4, -0.2) is 41.2 Å². The number of hydrogen-bond donors (Lipinski definition) is 2. The number of ether oxygens (including phenoxy) is 1. The molecule has 1 aliphatic rings. The third-order valence-corrected chi connectivity index (χ3v) is 5.90. The van der Waals surface area contributed by atoms with E-state index in [0.717, 1.165) is 9.78 Å². The lowest BCUT2D eigenvalue weighted by atomic mass is 9.82. The number of aliphatic hydroxyl groups excluding tert-OH is 1. The van der Waals surface area contributed by atoms with Crippen molar-refractivity contribution in [2.24, 2.45) is 0 Å². The first kappa shape index (κ1) is 20.3. The molecule has 0 radical (unpaired) electrons. The summed E-state index contributed by atoms with van der Waals surface area (Å²) in [5.74, 6) is -0.415. The van der Waals surface area contributed by atoms with Gasteiger partial charge in [0.2, 0.25) is 0 Å². The molecule has 0 unspecified atom stereocenters. The van der Waals surface area contributed by atoms with Crippen LogP contribution in [0.15, 0.2) is 78.2 Å². The molecule has 2 heterocycles. The van der Waals surface area contributed by atoms with Crippen LogP contribution in [-0.2, 0) is 21.7 Å². The van der Waals surface area contributed by atoms with Gasteiger partial charge in [-0.3, -0.25) is 9.69 Å². The Labute approximate surface area is 178 Å². The van der Waals surface area contributed by atoms with Crippen molar-refractivity contribution in [2.45, 2.75) is 18.2 Å². The highest BCUT2D eigenvalue weighted by Gasteiger charge is 2.53. The van der Waals surface area contributed by atoms with Crippen LogP contribution >= 0.6 is 11.3 Å². The van der Waals surface area contributed by atoms with Gasteiger partial charge >= 0.3 is 6.03 Å². The Hall–Kier alpha value is -3.00. The predicted molar refractivity (Wildman–Crippen MR) is 114 cm³/mol. The van der Waals surface area contributed by atoms with Gasteiger partial charge in [0.15, 0.2) is 5.54 Å². The first-order valence-electron chi connectivity index (χ1n) is 9.64. The van der Waals surface area contributed by atoms with Gasteiger partial charge in [-0.05, 0) is 22.6 Å². The number of thiophene rings is 1. The average molecular weight is 423 g/mol. The molecule has 1 saturated heterocycles. The second-order valence-corrected chi connectivity index (χ2v) is 8.11. The molecule has 4 rings (SSSR count). The zero-order valence-corrected chi connectivity index (χ0v) is 17.0. The van der Waals surface area contributed by atoms with E-state index in [0.29, 0.717) is 17.7 Å². The Bertz CT molecular complexity index is 953. The lowest BCUT2D eigenvalue weighted by molar-refractivity contribution is -0.131. The number of carbonyl (C=O) groups excluding carboxylic acids is 2. The Kier molecular flexibility index (Phi) is 5.94. The summed E-state index contributed by atoms with van der Waals surface area (Å²) >= 11 is 1.57. The monoisotopic (exact) mass is 422 g/mol. The van der Waals surface area contributed by atoms with E-state index >= 15 is 0 Å². The highest BCUT2D eigenvalue weighted by atomic mass is 32.1. The fourth-order valence-corrected chi connectivity index (χ4v) is 4.27. The molecule has 0 bridgehead atoms. The molecule has 1 atom stereocenters. The number of imide groups is 1. The largest absolute Gasteiger partial charge is 0.389 e. The van der Waals surface area contributed by atoms with Crippen LogP contribution in [0.2, 0.25) is 0 Å². The van der Waals surface area contributed by atoms with Gasteiger partial charge in [-0.25, -0.2) is 4.79 Å². The molecule has 3 amide bonds. The summed E-state index contributed by atoms with van der Waals surface area (Å²) in [4.78, 5) is 28.4. The lowest BCUT2D eigenvalue weighted by Crippen LogP contribution is -2.45. The van der Waals surface area contributed by atoms with E-state index in [1.807, 2.05) is 78.2 Å². The number of benzene rings is 2. The second kappa shape index (κ2) is 8.79. The van der Waals surface area contributed by atoms with E-state index in [4.69, 9.17) is 4.74 Å². The Morgan fingerprint density at radius 1 is 0.967 bits per heavy atom. The maximum absolute atomic E-state index is 13.5. The number of rotatable bonds is 8. The molecular weight excluding hydrogens is 400 g/mol. The van der Waals surface area contributed by atoms with Gasteiger partial charge in [0.05, 0.1) is 25.9 Å². The molecule has 7 heteroatoms. The quantitative estimate of drug-likeness (QED) is 0.547. The van der Waals surface area contributed by atoms with Crippen molar-refractivity contribution in [1.82, 2.24) is 10.2 Å². The highest BCUT2D eigenvalue weighted by Crippen LogP contribution is 2.36. The molecule has 0 spiro atoms. The molecule has 154 valence electrons. The van der Waals surface area contributed by atoms with Gasteiger partial charge in [-0.15, -0.1) is 11.3 Å². The normalized spacial score (nSPS) is 16.5. The van der Waals surface area contributed by atoms with Gasteiger partial charge in [-0.2, -0.15) is 0 Å². The fraction of sp³-hybridized carbons (Fsp3) is 0.217. The maximum atomic E-state index is 13.5. The molecule has 1 aliphatic heterocycles. The standard InChI is InChI=1S/C23H22N2O4S/c26-19(15-29-16-20-12-7-13-30-20)14-25-21(27)23(24-22(25)28,17-8-3-1-4-9-17)18-10-5-2-6-11-18/h1-13,19,26H,14-16H2,(H,24,28)/t19-/m0/s1. The average Bonchev–Trinajstić information content (AvgIpc) is 3.38. The Morgan fingerprint density at radius 3 is 2.17 bits per heavy atom. The van der Waals surface area contributed by atoms with Crippen LogP contribution < -0.4 is 5.32 Å². The van der Waals surface area contributed by atoms with E-state index in [2.05, 4.69) is 5.32 Å². The van der Waals surface area contributed by atoms with Gasteiger partial charge in [0.25, 0.3) is 5.91 Å². The predicted octanol–water partition coefficient (Wildman–Crippen LogP) is 3.12. The van der Waals surface area contributed by atoms with Crippen LogP contribution in [0.1, 0.15) is 16.0 Å². The number of hydrogen-bond acceptors (Lipinski definition) is 5. The summed E-state index contributed by atoms with van der Waals surface area (Å²) in [6, 6.07) is 21.6. The number of nitrogens with zero attached hydrogens (tertiary/aromatic N) is 1. The van der Waals surface area contributed by atoms with Crippen LogP contribution in [0.5, 0.6) is 0 Å². The minimum atomic E-state index is -1.32. The van der Waals surface area contributed by atoms with E-state index in [1.54, 1.807) is 11.3 Å². The van der Waals surface area contributed by atoms with Crippen LogP contribution in [0.25, 0.3) is 0 Å². The molecule has 2 aromatic carbocycles. The van der Waals surface area contributed by atoms with Gasteiger partial charge in [0, 0.05) is 4.88 Å². The zero-order chi connectivity index (χ0) is 21.0. The number of urea groups is 1. The van der Waals surface area contributed by atoms with E-state index in [1.165, 1.54) is 0 Å². The number of nitrogens with one attached hydrogen (secondary N) is 1. The smallest absolute Gasteiger partial charge is 0.325 e. The zero-order valence-electron chi connectivity index (χ0n) is 16.2. The van der Waals surface area contributed by atoms with E-state index < -0.39 is 23.6 Å². The number of amides is 3. The second-order valence-electron chi connectivity index (χ2n) is 7.08. The van der Waals surface area contributed by atoms with E-state index in [-0.39, 0.29) is 13.2 Å². The van der Waals surface area contributed by atoms with Crippen molar-refractivity contribution in [3.63, 3.8) is 0 Å². The molecule has 1 aromatic heterocycles. The van der Waals surface area contributed by atoms with Gasteiger partial charge in [-0.1, -0.05) is 66.7 Å². The molecule has 6 nitrogen and oxygen atoms in total. The Balaban J connectivity index is 1.53.